The number of ketones is 1. The molecule has 0 spiro atoms. The Labute approximate surface area is 110 Å². The van der Waals surface area contributed by atoms with E-state index in [1.54, 1.807) is 11.0 Å². The van der Waals surface area contributed by atoms with Gasteiger partial charge in [-0.1, -0.05) is 30.3 Å². The van der Waals surface area contributed by atoms with Crippen molar-refractivity contribution in [2.24, 2.45) is 0 Å². The molecule has 0 amide bonds. The van der Waals surface area contributed by atoms with Gasteiger partial charge in [-0.25, -0.2) is 9.67 Å². The first-order chi connectivity index (χ1) is 9.25. The van der Waals surface area contributed by atoms with Gasteiger partial charge >= 0.3 is 0 Å². The van der Waals surface area contributed by atoms with E-state index in [2.05, 4.69) is 10.1 Å². The summed E-state index contributed by atoms with van der Waals surface area (Å²) < 4.78 is 1.59. The predicted octanol–water partition coefficient (Wildman–Crippen LogP) is 2.02. The van der Waals surface area contributed by atoms with Crippen molar-refractivity contribution in [3.63, 3.8) is 0 Å². The molecular weight excluding hydrogens is 242 g/mol. The molecule has 0 saturated heterocycles. The van der Waals surface area contributed by atoms with Gasteiger partial charge in [-0.2, -0.15) is 5.10 Å². The zero-order chi connectivity index (χ0) is 13.2. The van der Waals surface area contributed by atoms with E-state index in [0.717, 1.165) is 5.56 Å². The van der Waals surface area contributed by atoms with Crippen molar-refractivity contribution in [3.05, 3.63) is 60.4 Å². The van der Waals surface area contributed by atoms with Crippen LogP contribution in [0.15, 0.2) is 54.8 Å². The van der Waals surface area contributed by atoms with Gasteiger partial charge in [-0.3, -0.25) is 4.79 Å². The summed E-state index contributed by atoms with van der Waals surface area (Å²) in [6.07, 6.45) is 4.62. The lowest BCUT2D eigenvalue weighted by atomic mass is 9.82. The molecular formula is C14H13N3O2. The molecule has 0 radical (unpaired) electrons. The van der Waals surface area contributed by atoms with E-state index in [0.29, 0.717) is 6.42 Å². The second-order valence-corrected chi connectivity index (χ2v) is 4.58. The van der Waals surface area contributed by atoms with Crippen LogP contribution in [0.25, 0.3) is 0 Å². The van der Waals surface area contributed by atoms with Gasteiger partial charge < -0.3 is 5.11 Å². The van der Waals surface area contributed by atoms with E-state index < -0.39 is 0 Å². The van der Waals surface area contributed by atoms with Crippen LogP contribution in [0.2, 0.25) is 0 Å². The van der Waals surface area contributed by atoms with Crippen molar-refractivity contribution in [1.29, 1.82) is 0 Å². The summed E-state index contributed by atoms with van der Waals surface area (Å²) >= 11 is 0. The number of aliphatic hydroxyl groups is 1. The number of carbonyl (C=O) groups is 1. The molecule has 1 N–H and O–H groups in total. The number of benzene rings is 1. The number of nitrogens with zero attached hydrogens (tertiary/aromatic N) is 3. The first-order valence-electron chi connectivity index (χ1n) is 6.08. The van der Waals surface area contributed by atoms with Crippen molar-refractivity contribution in [2.75, 3.05) is 0 Å². The molecule has 19 heavy (non-hydrogen) atoms. The number of rotatable bonds is 2. The highest BCUT2D eigenvalue weighted by Crippen LogP contribution is 2.38. The minimum atomic E-state index is -0.373. The molecule has 3 rings (SSSR count). The Kier molecular flexibility index (Phi) is 2.87. The lowest BCUT2D eigenvalue weighted by molar-refractivity contribution is -0.116. The molecule has 1 aromatic heterocycles. The van der Waals surface area contributed by atoms with Crippen LogP contribution in [0.5, 0.6) is 0 Å². The van der Waals surface area contributed by atoms with Crippen molar-refractivity contribution in [1.82, 2.24) is 14.8 Å². The second-order valence-electron chi connectivity index (χ2n) is 4.58. The number of aliphatic hydroxyl groups excluding tert-OH is 1. The van der Waals surface area contributed by atoms with Crippen molar-refractivity contribution in [2.45, 2.75) is 18.4 Å². The fourth-order valence-corrected chi connectivity index (χ4v) is 2.53. The highest BCUT2D eigenvalue weighted by Gasteiger charge is 2.34. The summed E-state index contributed by atoms with van der Waals surface area (Å²) in [5.74, 6) is -0.154. The molecule has 0 bridgehead atoms. The monoisotopic (exact) mass is 255 g/mol. The molecule has 0 unspecified atom stereocenters. The molecule has 0 saturated carbocycles. The van der Waals surface area contributed by atoms with E-state index >= 15 is 0 Å². The van der Waals surface area contributed by atoms with Gasteiger partial charge in [0.05, 0.1) is 0 Å². The van der Waals surface area contributed by atoms with Crippen molar-refractivity contribution < 1.29 is 9.90 Å². The smallest absolute Gasteiger partial charge is 0.159 e. The lowest BCUT2D eigenvalue weighted by Crippen LogP contribution is -2.27. The Morgan fingerprint density at radius 3 is 2.74 bits per heavy atom. The van der Waals surface area contributed by atoms with E-state index in [-0.39, 0.29) is 23.5 Å². The third-order valence-corrected chi connectivity index (χ3v) is 3.36. The molecule has 2 aromatic rings. The van der Waals surface area contributed by atoms with E-state index in [4.69, 9.17) is 0 Å². The van der Waals surface area contributed by atoms with Crippen LogP contribution in [-0.2, 0) is 4.79 Å². The highest BCUT2D eigenvalue weighted by molar-refractivity contribution is 5.92. The molecule has 2 atom stereocenters. The Balaban J connectivity index is 2.06. The van der Waals surface area contributed by atoms with Gasteiger partial charge in [0, 0.05) is 18.4 Å². The van der Waals surface area contributed by atoms with Crippen LogP contribution in [0, 0.1) is 0 Å². The standard InChI is InChI=1S/C14H13N3O2/c18-11-6-12(10-4-2-1-3-5-10)14(13(19)7-11)17-9-15-8-16-17/h1-5,7-9,12,14,19H,6H2/t12-,14-/m1/s1. The SMILES string of the molecule is O=C1C=C(O)[C@H](n2cncn2)[C@@H](c2ccccc2)C1. The van der Waals surface area contributed by atoms with Crippen LogP contribution < -0.4 is 0 Å². The summed E-state index contributed by atoms with van der Waals surface area (Å²) in [5.41, 5.74) is 1.01. The molecule has 0 fully saturated rings. The minimum absolute atomic E-state index is 0.0376. The van der Waals surface area contributed by atoms with Gasteiger partial charge in [0.15, 0.2) is 5.78 Å². The molecule has 1 heterocycles. The lowest BCUT2D eigenvalue weighted by Gasteiger charge is -2.29. The van der Waals surface area contributed by atoms with E-state index in [1.165, 1.54) is 12.4 Å². The number of hydrogen-bond acceptors (Lipinski definition) is 4. The number of allylic oxidation sites excluding steroid dienone is 2. The van der Waals surface area contributed by atoms with Crippen LogP contribution in [0.4, 0.5) is 0 Å². The number of hydrogen-bond donors (Lipinski definition) is 1. The maximum Gasteiger partial charge on any atom is 0.159 e. The summed E-state index contributed by atoms with van der Waals surface area (Å²) in [6, 6.07) is 9.32. The molecule has 5 heteroatoms. The summed E-state index contributed by atoms with van der Waals surface area (Å²) in [5, 5.41) is 14.2. The second kappa shape index (κ2) is 4.68. The largest absolute Gasteiger partial charge is 0.510 e. The third kappa shape index (κ3) is 2.14. The summed E-state index contributed by atoms with van der Waals surface area (Å²) in [6.45, 7) is 0. The Bertz CT molecular complexity index is 605. The zero-order valence-electron chi connectivity index (χ0n) is 10.2. The number of aromatic nitrogens is 3. The van der Waals surface area contributed by atoms with Crippen molar-refractivity contribution >= 4 is 5.78 Å². The Hall–Kier alpha value is -2.43. The predicted molar refractivity (Wildman–Crippen MR) is 68.6 cm³/mol. The molecule has 1 aliphatic rings. The average Bonchev–Trinajstić information content (AvgIpc) is 2.92. The highest BCUT2D eigenvalue weighted by atomic mass is 16.3. The van der Waals surface area contributed by atoms with Crippen LogP contribution >= 0.6 is 0 Å². The topological polar surface area (TPSA) is 68.0 Å². The van der Waals surface area contributed by atoms with Gasteiger partial charge in [-0.05, 0) is 5.56 Å². The van der Waals surface area contributed by atoms with E-state index in [9.17, 15) is 9.90 Å². The average molecular weight is 255 g/mol. The van der Waals surface area contributed by atoms with Crippen molar-refractivity contribution in [3.8, 4) is 0 Å². The quantitative estimate of drug-likeness (QED) is 0.891. The van der Waals surface area contributed by atoms with Crippen LogP contribution in [0.3, 0.4) is 0 Å². The van der Waals surface area contributed by atoms with Crippen LogP contribution in [-0.4, -0.2) is 25.7 Å². The molecule has 0 aliphatic heterocycles. The van der Waals surface area contributed by atoms with Gasteiger partial charge in [0.2, 0.25) is 0 Å². The third-order valence-electron chi connectivity index (χ3n) is 3.36. The Morgan fingerprint density at radius 1 is 1.26 bits per heavy atom. The molecule has 5 nitrogen and oxygen atoms in total. The summed E-state index contributed by atoms with van der Waals surface area (Å²) in [4.78, 5) is 15.6. The molecule has 1 aromatic carbocycles. The first-order valence-corrected chi connectivity index (χ1v) is 6.08. The minimum Gasteiger partial charge on any atom is -0.510 e. The normalized spacial score (nSPS) is 23.2. The van der Waals surface area contributed by atoms with Gasteiger partial charge in [0.25, 0.3) is 0 Å². The zero-order valence-corrected chi connectivity index (χ0v) is 10.2. The number of carbonyl (C=O) groups excluding carboxylic acids is 1. The maximum absolute atomic E-state index is 11.7. The molecule has 1 aliphatic carbocycles. The summed E-state index contributed by atoms with van der Waals surface area (Å²) in [7, 11) is 0. The maximum atomic E-state index is 11.7. The fourth-order valence-electron chi connectivity index (χ4n) is 2.53. The molecule has 96 valence electrons. The Morgan fingerprint density at radius 2 is 2.05 bits per heavy atom. The first kappa shape index (κ1) is 11.6. The fraction of sp³-hybridized carbons (Fsp3) is 0.214. The van der Waals surface area contributed by atoms with E-state index in [1.807, 2.05) is 30.3 Å². The van der Waals surface area contributed by atoms with Gasteiger partial charge in [0.1, 0.15) is 24.5 Å². The van der Waals surface area contributed by atoms with Crippen LogP contribution in [0.1, 0.15) is 23.9 Å². The van der Waals surface area contributed by atoms with Gasteiger partial charge in [-0.15, -0.1) is 0 Å².